The van der Waals surface area contributed by atoms with Crippen molar-refractivity contribution < 1.29 is 14.3 Å². The van der Waals surface area contributed by atoms with Crippen molar-refractivity contribution in [2.75, 3.05) is 6.61 Å². The first-order valence-corrected chi connectivity index (χ1v) is 4.49. The molecule has 0 spiro atoms. The number of ether oxygens (including phenoxy) is 1. The first-order chi connectivity index (χ1) is 7.27. The lowest BCUT2D eigenvalue weighted by molar-refractivity contribution is -0.124. The zero-order valence-electron chi connectivity index (χ0n) is 7.92. The number of hydrogen-bond donors (Lipinski definition) is 0. The summed E-state index contributed by atoms with van der Waals surface area (Å²) in [5, 5.41) is 0. The van der Waals surface area contributed by atoms with Crippen LogP contribution in [-0.4, -0.2) is 23.5 Å². The molecule has 0 aliphatic carbocycles. The van der Waals surface area contributed by atoms with Gasteiger partial charge in [-0.15, -0.1) is 0 Å². The minimum Gasteiger partial charge on any atom is -0.439 e. The van der Waals surface area contributed by atoms with Crippen molar-refractivity contribution >= 4 is 18.1 Å². The lowest BCUT2D eigenvalue weighted by Crippen LogP contribution is -2.22. The van der Waals surface area contributed by atoms with Crippen LogP contribution in [0.2, 0.25) is 0 Å². The molecular weight excluding hydrogens is 194 g/mol. The number of carbonyl (C=O) groups is 2. The van der Waals surface area contributed by atoms with E-state index in [1.807, 2.05) is 30.3 Å². The Kier molecular flexibility index (Phi) is 2.49. The second-order valence-corrected chi connectivity index (χ2v) is 3.04. The average Bonchev–Trinajstić information content (AvgIpc) is 2.58. The van der Waals surface area contributed by atoms with E-state index in [4.69, 9.17) is 0 Å². The first kappa shape index (κ1) is 9.45. The molecule has 4 nitrogen and oxygen atoms in total. The minimum atomic E-state index is -0.618. The molecular formula is C11H9NO3. The fourth-order valence-electron chi connectivity index (χ4n) is 1.23. The Balaban J connectivity index is 2.12. The number of rotatable bonds is 2. The van der Waals surface area contributed by atoms with Gasteiger partial charge in [0.2, 0.25) is 0 Å². The molecule has 0 radical (unpaired) electrons. The third-order valence-electron chi connectivity index (χ3n) is 2.00. The highest BCUT2D eigenvalue weighted by molar-refractivity contribution is 5.99. The molecule has 0 aromatic heterocycles. The monoisotopic (exact) mass is 203 g/mol. The molecule has 0 atom stereocenters. The predicted molar refractivity (Wildman–Crippen MR) is 53.7 cm³/mol. The van der Waals surface area contributed by atoms with Gasteiger partial charge in [-0.2, -0.15) is 0 Å². The molecule has 1 aliphatic rings. The van der Waals surface area contributed by atoms with Crippen molar-refractivity contribution in [3.63, 3.8) is 0 Å². The van der Waals surface area contributed by atoms with Gasteiger partial charge in [0.25, 0.3) is 5.91 Å². The van der Waals surface area contributed by atoms with Gasteiger partial charge in [0.1, 0.15) is 0 Å². The van der Waals surface area contributed by atoms with E-state index in [0.717, 1.165) is 10.5 Å². The average molecular weight is 203 g/mol. The van der Waals surface area contributed by atoms with Crippen LogP contribution in [-0.2, 0) is 9.53 Å². The standard InChI is InChI=1S/C11H9NO3/c13-10-8-15-11(14)12(10)7-6-9-4-2-1-3-5-9/h1-7H,8H2. The summed E-state index contributed by atoms with van der Waals surface area (Å²) in [6.45, 7) is -0.169. The van der Waals surface area contributed by atoms with Gasteiger partial charge in [0.05, 0.1) is 0 Å². The largest absolute Gasteiger partial charge is 0.439 e. The third kappa shape index (κ3) is 2.04. The number of imide groups is 1. The maximum atomic E-state index is 11.1. The van der Waals surface area contributed by atoms with Crippen LogP contribution in [0.3, 0.4) is 0 Å². The summed E-state index contributed by atoms with van der Waals surface area (Å²) in [4.78, 5) is 23.1. The van der Waals surface area contributed by atoms with Crippen LogP contribution in [0.4, 0.5) is 4.79 Å². The first-order valence-electron chi connectivity index (χ1n) is 4.49. The fraction of sp³-hybridized carbons (Fsp3) is 0.0909. The summed E-state index contributed by atoms with van der Waals surface area (Å²) < 4.78 is 4.55. The summed E-state index contributed by atoms with van der Waals surface area (Å²) in [5.41, 5.74) is 0.921. The number of amides is 2. The molecule has 1 aromatic carbocycles. The Labute approximate surface area is 86.8 Å². The maximum Gasteiger partial charge on any atom is 0.421 e. The highest BCUT2D eigenvalue weighted by Crippen LogP contribution is 2.08. The molecule has 0 saturated carbocycles. The van der Waals surface area contributed by atoms with Crippen molar-refractivity contribution in [1.82, 2.24) is 4.90 Å². The van der Waals surface area contributed by atoms with Gasteiger partial charge in [0, 0.05) is 6.20 Å². The Morgan fingerprint density at radius 3 is 2.53 bits per heavy atom. The molecule has 1 saturated heterocycles. The van der Waals surface area contributed by atoms with Crippen LogP contribution in [0.25, 0.3) is 6.08 Å². The molecule has 2 amide bonds. The van der Waals surface area contributed by atoms with E-state index in [1.165, 1.54) is 6.20 Å². The molecule has 4 heteroatoms. The van der Waals surface area contributed by atoms with Crippen LogP contribution in [0.1, 0.15) is 5.56 Å². The van der Waals surface area contributed by atoms with Crippen LogP contribution in [0.5, 0.6) is 0 Å². The van der Waals surface area contributed by atoms with Gasteiger partial charge in [-0.3, -0.25) is 4.79 Å². The zero-order chi connectivity index (χ0) is 10.7. The molecule has 76 valence electrons. The topological polar surface area (TPSA) is 46.6 Å². The fourth-order valence-corrected chi connectivity index (χ4v) is 1.23. The molecule has 0 bridgehead atoms. The minimum absolute atomic E-state index is 0.169. The number of nitrogens with zero attached hydrogens (tertiary/aromatic N) is 1. The number of benzene rings is 1. The van der Waals surface area contributed by atoms with Crippen molar-refractivity contribution in [3.05, 3.63) is 42.1 Å². The maximum absolute atomic E-state index is 11.1. The Bertz CT molecular complexity index is 395. The van der Waals surface area contributed by atoms with Crippen LogP contribution < -0.4 is 0 Å². The normalized spacial score (nSPS) is 16.1. The van der Waals surface area contributed by atoms with Gasteiger partial charge in [0.15, 0.2) is 6.61 Å². The van der Waals surface area contributed by atoms with Gasteiger partial charge in [-0.1, -0.05) is 30.3 Å². The Morgan fingerprint density at radius 2 is 1.93 bits per heavy atom. The molecule has 15 heavy (non-hydrogen) atoms. The number of cyclic esters (lactones) is 1. The molecule has 0 N–H and O–H groups in total. The van der Waals surface area contributed by atoms with Crippen LogP contribution in [0.15, 0.2) is 36.5 Å². The molecule has 0 unspecified atom stereocenters. The SMILES string of the molecule is O=C1COC(=O)N1C=Cc1ccccc1. The van der Waals surface area contributed by atoms with E-state index in [1.54, 1.807) is 6.08 Å². The lowest BCUT2D eigenvalue weighted by atomic mass is 10.2. The zero-order valence-corrected chi connectivity index (χ0v) is 7.92. The van der Waals surface area contributed by atoms with E-state index >= 15 is 0 Å². The molecule has 1 aliphatic heterocycles. The van der Waals surface area contributed by atoms with E-state index < -0.39 is 6.09 Å². The van der Waals surface area contributed by atoms with Gasteiger partial charge in [-0.25, -0.2) is 9.69 Å². The van der Waals surface area contributed by atoms with Crippen molar-refractivity contribution in [2.24, 2.45) is 0 Å². The molecule has 1 heterocycles. The summed E-state index contributed by atoms with van der Waals surface area (Å²) >= 11 is 0. The molecule has 2 rings (SSSR count). The highest BCUT2D eigenvalue weighted by atomic mass is 16.6. The van der Waals surface area contributed by atoms with E-state index in [-0.39, 0.29) is 12.5 Å². The highest BCUT2D eigenvalue weighted by Gasteiger charge is 2.28. The summed E-state index contributed by atoms with van der Waals surface area (Å²) in [6.07, 6.45) is 2.49. The lowest BCUT2D eigenvalue weighted by Gasteiger charge is -2.02. The number of carbonyl (C=O) groups excluding carboxylic acids is 2. The predicted octanol–water partition coefficient (Wildman–Crippen LogP) is 1.64. The smallest absolute Gasteiger partial charge is 0.421 e. The second-order valence-electron chi connectivity index (χ2n) is 3.04. The summed E-state index contributed by atoms with van der Waals surface area (Å²) in [7, 11) is 0. The van der Waals surface area contributed by atoms with Gasteiger partial charge >= 0.3 is 6.09 Å². The number of hydrogen-bond acceptors (Lipinski definition) is 3. The third-order valence-corrected chi connectivity index (χ3v) is 2.00. The van der Waals surface area contributed by atoms with Gasteiger partial charge in [-0.05, 0) is 11.6 Å². The second kappa shape index (κ2) is 3.96. The van der Waals surface area contributed by atoms with Crippen molar-refractivity contribution in [1.29, 1.82) is 0 Å². The van der Waals surface area contributed by atoms with E-state index in [2.05, 4.69) is 4.74 Å². The summed E-state index contributed by atoms with van der Waals surface area (Å²) in [5.74, 6) is -0.341. The van der Waals surface area contributed by atoms with Gasteiger partial charge < -0.3 is 4.74 Å². The molecule has 1 fully saturated rings. The Hall–Kier alpha value is -2.10. The summed E-state index contributed by atoms with van der Waals surface area (Å²) in [6, 6.07) is 9.41. The van der Waals surface area contributed by atoms with Crippen molar-refractivity contribution in [3.8, 4) is 0 Å². The van der Waals surface area contributed by atoms with E-state index in [9.17, 15) is 9.59 Å². The quantitative estimate of drug-likeness (QED) is 0.734. The van der Waals surface area contributed by atoms with E-state index in [0.29, 0.717) is 0 Å². The van der Waals surface area contributed by atoms with Crippen LogP contribution in [0, 0.1) is 0 Å². The molecule has 1 aromatic rings. The van der Waals surface area contributed by atoms with Crippen LogP contribution >= 0.6 is 0 Å². The Morgan fingerprint density at radius 1 is 1.20 bits per heavy atom. The van der Waals surface area contributed by atoms with Crippen molar-refractivity contribution in [2.45, 2.75) is 0 Å².